The number of aromatic nitrogens is 5. The molecule has 0 amide bonds. The van der Waals surface area contributed by atoms with Crippen LogP contribution in [0.5, 0.6) is 5.75 Å². The third-order valence-corrected chi connectivity index (χ3v) is 5.80. The number of phenolic OH excluding ortho intramolecular Hbond substituents is 1. The van der Waals surface area contributed by atoms with E-state index in [-0.39, 0.29) is 23.5 Å². The molecule has 5 rings (SSSR count). The molecule has 0 saturated carbocycles. The third-order valence-electron chi connectivity index (χ3n) is 5.43. The fraction of sp³-hybridized carbons (Fsp3) is 0.136. The molecule has 3 aromatic heterocycles. The summed E-state index contributed by atoms with van der Waals surface area (Å²) in [4.78, 5) is 31.0. The summed E-state index contributed by atoms with van der Waals surface area (Å²) in [5.74, 6) is 0.511. The van der Waals surface area contributed by atoms with E-state index in [0.29, 0.717) is 22.1 Å². The highest BCUT2D eigenvalue weighted by Crippen LogP contribution is 2.26. The molecule has 0 fully saturated rings. The topological polar surface area (TPSA) is 86.5 Å². The van der Waals surface area contributed by atoms with Gasteiger partial charge in [-0.25, -0.2) is 4.79 Å². The normalized spacial score (nSPS) is 11.6. The summed E-state index contributed by atoms with van der Waals surface area (Å²) in [6.45, 7) is 1.91. The van der Waals surface area contributed by atoms with Gasteiger partial charge in [0.2, 0.25) is 5.78 Å². The second-order valence-corrected chi connectivity index (χ2v) is 7.78. The zero-order valence-corrected chi connectivity index (χ0v) is 17.5. The maximum absolute atomic E-state index is 13.4. The number of nitrogens with zero attached hydrogens (tertiary/aromatic N) is 5. The second-order valence-electron chi connectivity index (χ2n) is 7.37. The Morgan fingerprint density at radius 1 is 1.06 bits per heavy atom. The van der Waals surface area contributed by atoms with Crippen molar-refractivity contribution in [3.05, 3.63) is 91.8 Å². The van der Waals surface area contributed by atoms with E-state index in [1.807, 2.05) is 13.0 Å². The molecule has 0 aliphatic rings. The molecule has 156 valence electrons. The Morgan fingerprint density at radius 2 is 1.77 bits per heavy atom. The van der Waals surface area contributed by atoms with Crippen LogP contribution in [0, 0.1) is 6.92 Å². The standard InChI is InChI=1S/C22H18ClN5O3/c1-13-11-26-18-19(24-21(26)28(13)16-9-5-6-10-17(16)29)25(2)22(31)27(20(18)30)12-14-7-3-4-8-15(14)23/h3-11,29H,12H2,1-2H3. The van der Waals surface area contributed by atoms with Crippen molar-refractivity contribution in [1.29, 1.82) is 0 Å². The van der Waals surface area contributed by atoms with Crippen LogP contribution in [0.25, 0.3) is 22.6 Å². The van der Waals surface area contributed by atoms with Crippen LogP contribution in [0.1, 0.15) is 11.3 Å². The van der Waals surface area contributed by atoms with Crippen LogP contribution in [-0.2, 0) is 13.6 Å². The van der Waals surface area contributed by atoms with Crippen LogP contribution in [0.2, 0.25) is 5.02 Å². The summed E-state index contributed by atoms with van der Waals surface area (Å²) in [5.41, 5.74) is 1.59. The smallest absolute Gasteiger partial charge is 0.332 e. The fourth-order valence-corrected chi connectivity index (χ4v) is 4.09. The quantitative estimate of drug-likeness (QED) is 0.472. The minimum atomic E-state index is -0.482. The molecule has 31 heavy (non-hydrogen) atoms. The number of imidazole rings is 2. The molecule has 0 unspecified atom stereocenters. The number of rotatable bonds is 3. The van der Waals surface area contributed by atoms with E-state index >= 15 is 0 Å². The number of hydrogen-bond acceptors (Lipinski definition) is 4. The van der Waals surface area contributed by atoms with Crippen LogP contribution in [-0.4, -0.2) is 28.2 Å². The number of halogens is 1. The molecule has 0 aliphatic carbocycles. The van der Waals surface area contributed by atoms with Crippen LogP contribution in [0.15, 0.2) is 64.3 Å². The highest BCUT2D eigenvalue weighted by molar-refractivity contribution is 6.31. The minimum absolute atomic E-state index is 0.0491. The molecule has 0 aliphatic heterocycles. The summed E-state index contributed by atoms with van der Waals surface area (Å²) in [7, 11) is 1.58. The van der Waals surface area contributed by atoms with E-state index < -0.39 is 11.2 Å². The van der Waals surface area contributed by atoms with Gasteiger partial charge in [-0.15, -0.1) is 0 Å². The van der Waals surface area contributed by atoms with Gasteiger partial charge in [-0.3, -0.25) is 22.9 Å². The van der Waals surface area contributed by atoms with Gasteiger partial charge in [0, 0.05) is 24.0 Å². The summed E-state index contributed by atoms with van der Waals surface area (Å²) in [5, 5.41) is 10.8. The molecule has 0 saturated heterocycles. The summed E-state index contributed by atoms with van der Waals surface area (Å²) < 4.78 is 5.91. The predicted molar refractivity (Wildman–Crippen MR) is 118 cm³/mol. The lowest BCUT2D eigenvalue weighted by Crippen LogP contribution is -2.39. The van der Waals surface area contributed by atoms with Crippen molar-refractivity contribution in [2.24, 2.45) is 7.05 Å². The zero-order valence-electron chi connectivity index (χ0n) is 16.8. The number of phenols is 1. The second kappa shape index (κ2) is 6.88. The first-order chi connectivity index (χ1) is 14.9. The number of fused-ring (bicyclic) bond motifs is 3. The monoisotopic (exact) mass is 435 g/mol. The lowest BCUT2D eigenvalue weighted by atomic mass is 10.2. The molecular formula is C22H18ClN5O3. The predicted octanol–water partition coefficient (Wildman–Crippen LogP) is 2.85. The molecule has 0 spiro atoms. The van der Waals surface area contributed by atoms with Gasteiger partial charge >= 0.3 is 5.69 Å². The van der Waals surface area contributed by atoms with Gasteiger partial charge in [0.15, 0.2) is 11.2 Å². The van der Waals surface area contributed by atoms with Crippen LogP contribution in [0.4, 0.5) is 0 Å². The number of aryl methyl sites for hydroxylation is 2. The molecule has 9 heteroatoms. The SMILES string of the molecule is Cc1cn2c3c(=O)n(Cc4ccccc4Cl)c(=O)n(C)c3nc2n1-c1ccccc1O. The Balaban J connectivity index is 1.83. The largest absolute Gasteiger partial charge is 0.506 e. The van der Waals surface area contributed by atoms with Gasteiger partial charge in [0.25, 0.3) is 5.56 Å². The average molecular weight is 436 g/mol. The highest BCUT2D eigenvalue weighted by atomic mass is 35.5. The van der Waals surface area contributed by atoms with Crippen molar-refractivity contribution in [3.8, 4) is 11.4 Å². The summed E-state index contributed by atoms with van der Waals surface area (Å²) >= 11 is 6.25. The average Bonchev–Trinajstić information content (AvgIpc) is 3.26. The van der Waals surface area contributed by atoms with Crippen molar-refractivity contribution < 1.29 is 5.11 Å². The number of hydrogen-bond donors (Lipinski definition) is 1. The Kier molecular flexibility index (Phi) is 4.26. The van der Waals surface area contributed by atoms with Crippen LogP contribution in [0.3, 0.4) is 0 Å². The lowest BCUT2D eigenvalue weighted by Gasteiger charge is -2.09. The maximum atomic E-state index is 13.4. The van der Waals surface area contributed by atoms with E-state index in [9.17, 15) is 14.7 Å². The highest BCUT2D eigenvalue weighted by Gasteiger charge is 2.22. The fourth-order valence-electron chi connectivity index (χ4n) is 3.90. The molecular weight excluding hydrogens is 418 g/mol. The van der Waals surface area contributed by atoms with Gasteiger partial charge in [-0.2, -0.15) is 4.98 Å². The van der Waals surface area contributed by atoms with Crippen molar-refractivity contribution in [3.63, 3.8) is 0 Å². The Labute approximate surface area is 180 Å². The van der Waals surface area contributed by atoms with Crippen LogP contribution >= 0.6 is 11.6 Å². The maximum Gasteiger partial charge on any atom is 0.332 e. The molecule has 2 aromatic carbocycles. The van der Waals surface area contributed by atoms with Crippen molar-refractivity contribution in [1.82, 2.24) is 23.1 Å². The van der Waals surface area contributed by atoms with Crippen molar-refractivity contribution >= 4 is 28.5 Å². The van der Waals surface area contributed by atoms with Crippen LogP contribution < -0.4 is 11.2 Å². The van der Waals surface area contributed by atoms with Gasteiger partial charge < -0.3 is 5.11 Å². The number of benzene rings is 2. The molecule has 8 nitrogen and oxygen atoms in total. The van der Waals surface area contributed by atoms with E-state index in [2.05, 4.69) is 4.98 Å². The number of aromatic hydroxyl groups is 1. The Hall–Kier alpha value is -3.78. The van der Waals surface area contributed by atoms with Crippen molar-refractivity contribution in [2.75, 3.05) is 0 Å². The van der Waals surface area contributed by atoms with Gasteiger partial charge in [0.1, 0.15) is 5.75 Å². The Bertz CT molecular complexity index is 1610. The third kappa shape index (κ3) is 2.79. The van der Waals surface area contributed by atoms with E-state index in [1.54, 1.807) is 64.7 Å². The number of para-hydroxylation sites is 2. The summed E-state index contributed by atoms with van der Waals surface area (Å²) in [6, 6.07) is 14.0. The molecule has 3 heterocycles. The molecule has 1 N–H and O–H groups in total. The lowest BCUT2D eigenvalue weighted by molar-refractivity contribution is 0.472. The molecule has 0 bridgehead atoms. The van der Waals surface area contributed by atoms with Crippen molar-refractivity contribution in [2.45, 2.75) is 13.5 Å². The van der Waals surface area contributed by atoms with E-state index in [1.165, 1.54) is 4.57 Å². The Morgan fingerprint density at radius 3 is 2.52 bits per heavy atom. The first-order valence-corrected chi connectivity index (χ1v) is 9.98. The van der Waals surface area contributed by atoms with Gasteiger partial charge in [-0.05, 0) is 30.7 Å². The zero-order chi connectivity index (χ0) is 21.9. The molecule has 0 atom stereocenters. The van der Waals surface area contributed by atoms with Gasteiger partial charge in [0.05, 0.1) is 12.2 Å². The van der Waals surface area contributed by atoms with E-state index in [0.717, 1.165) is 10.3 Å². The molecule has 5 aromatic rings. The van der Waals surface area contributed by atoms with E-state index in [4.69, 9.17) is 11.6 Å². The first kappa shape index (κ1) is 19.2. The first-order valence-electron chi connectivity index (χ1n) is 9.60. The molecule has 0 radical (unpaired) electrons. The van der Waals surface area contributed by atoms with Gasteiger partial charge in [-0.1, -0.05) is 41.9 Å². The summed E-state index contributed by atoms with van der Waals surface area (Å²) in [6.07, 6.45) is 1.77. The minimum Gasteiger partial charge on any atom is -0.506 e.